The maximum absolute atomic E-state index is 12.6. The zero-order valence-corrected chi connectivity index (χ0v) is 16.6. The molecule has 0 atom stereocenters. The number of nitrogens with two attached hydrogens (primary N) is 1. The van der Waals surface area contributed by atoms with Gasteiger partial charge in [-0.3, -0.25) is 10.2 Å². The number of nitrogens with zero attached hydrogens (tertiary/aromatic N) is 1. The molecule has 9 nitrogen and oxygen atoms in total. The number of anilines is 1. The Labute approximate surface area is 167 Å². The molecular weight excluding hydrogens is 404 g/mol. The normalized spacial score (nSPS) is 11.1. The molecule has 4 N–H and O–H groups in total. The van der Waals surface area contributed by atoms with E-state index in [4.69, 9.17) is 14.7 Å². The van der Waals surface area contributed by atoms with Crippen LogP contribution in [-0.2, 0) is 14.9 Å². The summed E-state index contributed by atoms with van der Waals surface area (Å²) >= 11 is 4.64. The first kappa shape index (κ1) is 21.1. The van der Waals surface area contributed by atoms with E-state index in [1.54, 1.807) is 6.07 Å². The lowest BCUT2D eigenvalue weighted by Gasteiger charge is -2.12. The second-order valence-corrected chi connectivity index (χ2v) is 7.37. The molecule has 0 saturated carbocycles. The van der Waals surface area contributed by atoms with Crippen molar-refractivity contribution in [1.29, 1.82) is 0 Å². The van der Waals surface area contributed by atoms with Crippen molar-refractivity contribution in [3.63, 3.8) is 0 Å². The fraction of sp³-hybridized carbons (Fsp3) is 0.118. The van der Waals surface area contributed by atoms with Crippen molar-refractivity contribution in [3.8, 4) is 11.5 Å². The average Bonchev–Trinajstić information content (AvgIpc) is 2.61. The SMILES string of the molecule is COc1ccc(/C=N\NC(N)=S)cc1OS(=O)(=O)c1ccc(NC(C)=O)cc1. The lowest BCUT2D eigenvalue weighted by Crippen LogP contribution is -2.23. The Morgan fingerprint density at radius 1 is 1.18 bits per heavy atom. The van der Waals surface area contributed by atoms with E-state index in [9.17, 15) is 13.2 Å². The van der Waals surface area contributed by atoms with Gasteiger partial charge in [0.15, 0.2) is 16.6 Å². The molecule has 0 aliphatic rings. The number of carbonyl (C=O) groups excluding carboxylic acids is 1. The number of benzene rings is 2. The summed E-state index contributed by atoms with van der Waals surface area (Å²) in [5.41, 5.74) is 8.66. The Morgan fingerprint density at radius 3 is 2.43 bits per heavy atom. The van der Waals surface area contributed by atoms with Crippen LogP contribution in [0.1, 0.15) is 12.5 Å². The number of amides is 1. The predicted molar refractivity (Wildman–Crippen MR) is 109 cm³/mol. The van der Waals surface area contributed by atoms with E-state index in [1.807, 2.05) is 0 Å². The van der Waals surface area contributed by atoms with Crippen LogP contribution in [0.3, 0.4) is 0 Å². The van der Waals surface area contributed by atoms with Crippen LogP contribution >= 0.6 is 12.2 Å². The zero-order valence-electron chi connectivity index (χ0n) is 15.0. The monoisotopic (exact) mass is 422 g/mol. The van der Waals surface area contributed by atoms with Crippen LogP contribution in [0.5, 0.6) is 11.5 Å². The van der Waals surface area contributed by atoms with Gasteiger partial charge in [-0.25, -0.2) is 0 Å². The third-order valence-electron chi connectivity index (χ3n) is 3.24. The highest BCUT2D eigenvalue weighted by Gasteiger charge is 2.19. The number of ether oxygens (including phenoxy) is 1. The molecule has 0 aliphatic carbocycles. The number of hydrogen-bond donors (Lipinski definition) is 3. The van der Waals surface area contributed by atoms with Crippen LogP contribution in [-0.4, -0.2) is 32.8 Å². The van der Waals surface area contributed by atoms with Gasteiger partial charge in [0.05, 0.1) is 13.3 Å². The van der Waals surface area contributed by atoms with Gasteiger partial charge < -0.3 is 20.0 Å². The summed E-state index contributed by atoms with van der Waals surface area (Å²) in [7, 11) is -2.75. The minimum Gasteiger partial charge on any atom is -0.493 e. The minimum atomic E-state index is -4.14. The topological polar surface area (TPSA) is 132 Å². The lowest BCUT2D eigenvalue weighted by molar-refractivity contribution is -0.114. The summed E-state index contributed by atoms with van der Waals surface area (Å²) in [5.74, 6) is -0.0643. The Bertz CT molecular complexity index is 1000. The largest absolute Gasteiger partial charge is 0.493 e. The second-order valence-electron chi connectivity index (χ2n) is 5.39. The number of thiocarbonyl (C=S) groups is 1. The zero-order chi connectivity index (χ0) is 20.7. The van der Waals surface area contributed by atoms with Crippen molar-refractivity contribution in [1.82, 2.24) is 5.43 Å². The van der Waals surface area contributed by atoms with Crippen molar-refractivity contribution in [2.45, 2.75) is 11.8 Å². The first-order chi connectivity index (χ1) is 13.2. The summed E-state index contributed by atoms with van der Waals surface area (Å²) in [5, 5.41) is 6.35. The molecule has 0 unspecified atom stereocenters. The van der Waals surface area contributed by atoms with Gasteiger partial charge in [0.1, 0.15) is 4.90 Å². The van der Waals surface area contributed by atoms with Crippen LogP contribution in [0.25, 0.3) is 0 Å². The molecule has 0 bridgehead atoms. The number of hydrazone groups is 1. The van der Waals surface area contributed by atoms with Gasteiger partial charge in [0.25, 0.3) is 0 Å². The van der Waals surface area contributed by atoms with Gasteiger partial charge in [0.2, 0.25) is 5.91 Å². The highest BCUT2D eigenvalue weighted by atomic mass is 32.2. The summed E-state index contributed by atoms with van der Waals surface area (Å²) in [6.45, 7) is 1.35. The molecule has 0 radical (unpaired) electrons. The molecule has 0 aromatic heterocycles. The summed E-state index contributed by atoms with van der Waals surface area (Å²) in [6.07, 6.45) is 1.39. The van der Waals surface area contributed by atoms with Gasteiger partial charge in [0, 0.05) is 12.6 Å². The van der Waals surface area contributed by atoms with Crippen LogP contribution in [0.4, 0.5) is 5.69 Å². The van der Waals surface area contributed by atoms with Crippen LogP contribution in [0.15, 0.2) is 52.5 Å². The molecule has 11 heteroatoms. The summed E-state index contributed by atoms with van der Waals surface area (Å²) < 4.78 is 35.5. The quantitative estimate of drug-likeness (QED) is 0.265. The molecule has 1 amide bonds. The van der Waals surface area contributed by atoms with E-state index in [-0.39, 0.29) is 27.4 Å². The molecule has 0 saturated heterocycles. The van der Waals surface area contributed by atoms with Crippen LogP contribution in [0, 0.1) is 0 Å². The molecule has 0 aliphatic heterocycles. The van der Waals surface area contributed by atoms with Crippen molar-refractivity contribution in [2.24, 2.45) is 10.8 Å². The molecule has 28 heavy (non-hydrogen) atoms. The van der Waals surface area contributed by atoms with E-state index >= 15 is 0 Å². The Kier molecular flexibility index (Phi) is 6.90. The van der Waals surface area contributed by atoms with E-state index in [1.165, 1.54) is 56.6 Å². The van der Waals surface area contributed by atoms with Crippen molar-refractivity contribution in [2.75, 3.05) is 12.4 Å². The third kappa shape index (κ3) is 5.93. The molecule has 2 aromatic rings. The minimum absolute atomic E-state index is 0.00785. The van der Waals surface area contributed by atoms with Crippen molar-refractivity contribution < 1.29 is 22.1 Å². The molecule has 148 valence electrons. The maximum atomic E-state index is 12.6. The highest BCUT2D eigenvalue weighted by Crippen LogP contribution is 2.30. The fourth-order valence-electron chi connectivity index (χ4n) is 2.08. The van der Waals surface area contributed by atoms with E-state index in [0.29, 0.717) is 11.3 Å². The van der Waals surface area contributed by atoms with Crippen LogP contribution in [0.2, 0.25) is 0 Å². The number of methoxy groups -OCH3 is 1. The standard InChI is InChI=1S/C17H18N4O5S2/c1-11(22)20-13-4-6-14(7-5-13)28(23,24)26-16-9-12(3-8-15(16)25-2)10-19-21-17(18)27/h3-10H,1-2H3,(H,20,22)(H3,18,21,27)/b19-10-. The molecule has 0 heterocycles. The number of hydrogen-bond acceptors (Lipinski definition) is 7. The average molecular weight is 422 g/mol. The highest BCUT2D eigenvalue weighted by molar-refractivity contribution is 7.87. The number of nitrogens with one attached hydrogen (secondary N) is 2. The number of rotatable bonds is 7. The second kappa shape index (κ2) is 9.15. The molecule has 2 rings (SSSR count). The van der Waals surface area contributed by atoms with Gasteiger partial charge >= 0.3 is 10.1 Å². The lowest BCUT2D eigenvalue weighted by atomic mass is 10.2. The predicted octanol–water partition coefficient (Wildman–Crippen LogP) is 1.59. The fourth-order valence-corrected chi connectivity index (χ4v) is 3.07. The first-order valence-electron chi connectivity index (χ1n) is 7.80. The van der Waals surface area contributed by atoms with Gasteiger partial charge in [-0.1, -0.05) is 0 Å². The maximum Gasteiger partial charge on any atom is 0.339 e. The summed E-state index contributed by atoms with van der Waals surface area (Å²) in [6, 6.07) is 10.2. The molecule has 0 spiro atoms. The van der Waals surface area contributed by atoms with Gasteiger partial charge in [-0.2, -0.15) is 13.5 Å². The molecule has 0 fully saturated rings. The Balaban J connectivity index is 2.27. The van der Waals surface area contributed by atoms with Gasteiger partial charge in [-0.15, -0.1) is 0 Å². The van der Waals surface area contributed by atoms with Crippen molar-refractivity contribution >= 4 is 45.3 Å². The van der Waals surface area contributed by atoms with Crippen molar-refractivity contribution in [3.05, 3.63) is 48.0 Å². The Morgan fingerprint density at radius 2 is 1.86 bits per heavy atom. The molecular formula is C17H18N4O5S2. The summed E-state index contributed by atoms with van der Waals surface area (Å²) in [4.78, 5) is 11.0. The Hall–Kier alpha value is -3.18. The molecule has 2 aromatic carbocycles. The smallest absolute Gasteiger partial charge is 0.339 e. The first-order valence-corrected chi connectivity index (χ1v) is 9.61. The van der Waals surface area contributed by atoms with Crippen LogP contribution < -0.4 is 25.4 Å². The van der Waals surface area contributed by atoms with Gasteiger partial charge in [-0.05, 0) is 60.2 Å². The number of carbonyl (C=O) groups is 1. The van der Waals surface area contributed by atoms with E-state index in [0.717, 1.165) is 0 Å². The van der Waals surface area contributed by atoms with E-state index in [2.05, 4.69) is 28.1 Å². The third-order valence-corrected chi connectivity index (χ3v) is 4.58. The van der Waals surface area contributed by atoms with E-state index < -0.39 is 10.1 Å².